The zero-order chi connectivity index (χ0) is 15.9. The summed E-state index contributed by atoms with van der Waals surface area (Å²) in [4.78, 5) is 17.5. The Hall–Kier alpha value is -2.17. The molecule has 4 nitrogen and oxygen atoms in total. The largest absolute Gasteiger partial charge is 0.379 e. The van der Waals surface area contributed by atoms with Gasteiger partial charge in [-0.15, -0.1) is 0 Å². The lowest BCUT2D eigenvalue weighted by atomic mass is 9.81. The maximum Gasteiger partial charge on any atom is 0.256 e. The highest BCUT2D eigenvalue weighted by atomic mass is 16.5. The smallest absolute Gasteiger partial charge is 0.256 e. The van der Waals surface area contributed by atoms with Crippen LogP contribution < -0.4 is 4.90 Å². The van der Waals surface area contributed by atoms with Crippen molar-refractivity contribution < 1.29 is 9.53 Å². The molecule has 2 aliphatic rings. The van der Waals surface area contributed by atoms with Crippen LogP contribution in [-0.4, -0.2) is 44.2 Å². The molecule has 23 heavy (non-hydrogen) atoms. The van der Waals surface area contributed by atoms with Crippen LogP contribution in [0.1, 0.15) is 11.1 Å². The number of hydrogen-bond acceptors (Lipinski definition) is 3. The third kappa shape index (κ3) is 1.95. The second-order valence-corrected chi connectivity index (χ2v) is 6.06. The van der Waals surface area contributed by atoms with Crippen molar-refractivity contribution in [3.63, 3.8) is 0 Å². The number of morpholine rings is 1. The molecule has 0 radical (unpaired) electrons. The number of carbonyl (C=O) groups is 1. The molecule has 0 bridgehead atoms. The summed E-state index contributed by atoms with van der Waals surface area (Å²) in [6.45, 7) is 2.83. The quantitative estimate of drug-likeness (QED) is 0.853. The Kier molecular flexibility index (Phi) is 3.43. The van der Waals surface area contributed by atoms with Crippen LogP contribution in [0.25, 0.3) is 0 Å². The van der Waals surface area contributed by atoms with Crippen LogP contribution in [0.5, 0.6) is 0 Å². The van der Waals surface area contributed by atoms with Gasteiger partial charge in [0.1, 0.15) is 0 Å². The van der Waals surface area contributed by atoms with Gasteiger partial charge in [0.25, 0.3) is 5.91 Å². The molecule has 2 aromatic rings. The van der Waals surface area contributed by atoms with Gasteiger partial charge in [-0.3, -0.25) is 9.69 Å². The average molecular weight is 308 g/mol. The van der Waals surface area contributed by atoms with E-state index in [1.807, 2.05) is 43.4 Å². The molecule has 1 saturated heterocycles. The Bertz CT molecular complexity index is 725. The van der Waals surface area contributed by atoms with Crippen molar-refractivity contribution >= 4 is 11.6 Å². The van der Waals surface area contributed by atoms with Gasteiger partial charge < -0.3 is 9.64 Å². The van der Waals surface area contributed by atoms with Gasteiger partial charge in [-0.05, 0) is 11.6 Å². The second kappa shape index (κ2) is 5.48. The standard InChI is InChI=1S/C19H20N2O2/c1-20-17-10-6-5-9-16(17)19(18(20)22,15-7-3-2-4-8-15)21-11-13-23-14-12-21/h2-10H,11-14H2,1H3. The van der Waals surface area contributed by atoms with E-state index in [4.69, 9.17) is 4.74 Å². The summed E-state index contributed by atoms with van der Waals surface area (Å²) in [5.41, 5.74) is 2.35. The zero-order valence-electron chi connectivity index (χ0n) is 13.2. The Morgan fingerprint density at radius 2 is 1.61 bits per heavy atom. The monoisotopic (exact) mass is 308 g/mol. The lowest BCUT2D eigenvalue weighted by Crippen LogP contribution is -2.56. The molecule has 4 rings (SSSR count). The minimum absolute atomic E-state index is 0.117. The molecule has 2 aromatic carbocycles. The Morgan fingerprint density at radius 3 is 2.35 bits per heavy atom. The second-order valence-electron chi connectivity index (χ2n) is 6.06. The van der Waals surface area contributed by atoms with Crippen LogP contribution in [-0.2, 0) is 15.1 Å². The summed E-state index contributed by atoms with van der Waals surface area (Å²) >= 11 is 0. The van der Waals surface area contributed by atoms with Crippen LogP contribution >= 0.6 is 0 Å². The molecule has 0 saturated carbocycles. The fourth-order valence-electron chi connectivity index (χ4n) is 3.88. The van der Waals surface area contributed by atoms with E-state index in [1.54, 1.807) is 4.90 Å². The van der Waals surface area contributed by atoms with E-state index in [2.05, 4.69) is 23.1 Å². The first-order valence-corrected chi connectivity index (χ1v) is 8.02. The zero-order valence-corrected chi connectivity index (χ0v) is 13.2. The predicted molar refractivity (Wildman–Crippen MR) is 89.5 cm³/mol. The van der Waals surface area contributed by atoms with Crippen LogP contribution in [0.15, 0.2) is 54.6 Å². The molecule has 2 heterocycles. The number of hydrogen-bond donors (Lipinski definition) is 0. The molecular formula is C19H20N2O2. The van der Waals surface area contributed by atoms with Crippen molar-refractivity contribution in [2.75, 3.05) is 38.3 Å². The van der Waals surface area contributed by atoms with Gasteiger partial charge in [0, 0.05) is 31.4 Å². The number of amides is 1. The van der Waals surface area contributed by atoms with E-state index in [9.17, 15) is 4.79 Å². The molecule has 0 spiro atoms. The number of para-hydroxylation sites is 1. The summed E-state index contributed by atoms with van der Waals surface area (Å²) in [6.07, 6.45) is 0. The number of carbonyl (C=O) groups excluding carboxylic acids is 1. The molecule has 0 aliphatic carbocycles. The highest BCUT2D eigenvalue weighted by Crippen LogP contribution is 2.47. The maximum absolute atomic E-state index is 13.4. The number of benzene rings is 2. The summed E-state index contributed by atoms with van der Waals surface area (Å²) in [5, 5.41) is 0. The lowest BCUT2D eigenvalue weighted by molar-refractivity contribution is -0.130. The molecular weight excluding hydrogens is 288 g/mol. The van der Waals surface area contributed by atoms with Crippen molar-refractivity contribution in [3.8, 4) is 0 Å². The van der Waals surface area contributed by atoms with E-state index in [-0.39, 0.29) is 5.91 Å². The lowest BCUT2D eigenvalue weighted by Gasteiger charge is -2.42. The van der Waals surface area contributed by atoms with Gasteiger partial charge in [0.15, 0.2) is 5.54 Å². The molecule has 2 aliphatic heterocycles. The molecule has 1 unspecified atom stereocenters. The first-order chi connectivity index (χ1) is 11.3. The number of likely N-dealkylation sites (N-methyl/N-ethyl adjacent to an activating group) is 1. The fraction of sp³-hybridized carbons (Fsp3) is 0.316. The van der Waals surface area contributed by atoms with Crippen molar-refractivity contribution in [1.29, 1.82) is 0 Å². The number of fused-ring (bicyclic) bond motifs is 1. The van der Waals surface area contributed by atoms with Gasteiger partial charge in [0.05, 0.1) is 13.2 Å². The van der Waals surface area contributed by atoms with Gasteiger partial charge in [-0.1, -0.05) is 48.5 Å². The van der Waals surface area contributed by atoms with E-state index in [0.29, 0.717) is 13.2 Å². The van der Waals surface area contributed by atoms with Crippen LogP contribution in [0.2, 0.25) is 0 Å². The first kappa shape index (κ1) is 14.4. The predicted octanol–water partition coefficient (Wildman–Crippen LogP) is 2.24. The molecule has 0 aromatic heterocycles. The minimum Gasteiger partial charge on any atom is -0.379 e. The van der Waals surface area contributed by atoms with Crippen molar-refractivity contribution in [2.45, 2.75) is 5.54 Å². The van der Waals surface area contributed by atoms with Crippen molar-refractivity contribution in [3.05, 3.63) is 65.7 Å². The van der Waals surface area contributed by atoms with E-state index < -0.39 is 5.54 Å². The first-order valence-electron chi connectivity index (χ1n) is 8.02. The highest BCUT2D eigenvalue weighted by Gasteiger charge is 2.54. The summed E-state index contributed by atoms with van der Waals surface area (Å²) in [6, 6.07) is 18.2. The van der Waals surface area contributed by atoms with E-state index in [0.717, 1.165) is 29.9 Å². The van der Waals surface area contributed by atoms with E-state index in [1.165, 1.54) is 0 Å². The third-order valence-electron chi connectivity index (χ3n) is 4.95. The Morgan fingerprint density at radius 1 is 0.957 bits per heavy atom. The summed E-state index contributed by atoms with van der Waals surface area (Å²) in [5.74, 6) is 0.117. The maximum atomic E-state index is 13.4. The van der Waals surface area contributed by atoms with Crippen LogP contribution in [0, 0.1) is 0 Å². The van der Waals surface area contributed by atoms with Gasteiger partial charge in [0.2, 0.25) is 0 Å². The molecule has 4 heteroatoms. The number of ether oxygens (including phenoxy) is 1. The van der Waals surface area contributed by atoms with Crippen LogP contribution in [0.4, 0.5) is 5.69 Å². The van der Waals surface area contributed by atoms with E-state index >= 15 is 0 Å². The van der Waals surface area contributed by atoms with Gasteiger partial charge in [-0.2, -0.15) is 0 Å². The Labute approximate surface area is 136 Å². The highest BCUT2D eigenvalue weighted by molar-refractivity contribution is 6.09. The van der Waals surface area contributed by atoms with Crippen molar-refractivity contribution in [2.24, 2.45) is 0 Å². The van der Waals surface area contributed by atoms with Gasteiger partial charge >= 0.3 is 0 Å². The molecule has 1 atom stereocenters. The minimum atomic E-state index is -0.740. The normalized spacial score (nSPS) is 24.7. The topological polar surface area (TPSA) is 32.8 Å². The van der Waals surface area contributed by atoms with Crippen LogP contribution in [0.3, 0.4) is 0 Å². The molecule has 1 amide bonds. The summed E-state index contributed by atoms with van der Waals surface area (Å²) < 4.78 is 5.52. The number of nitrogens with zero attached hydrogens (tertiary/aromatic N) is 2. The third-order valence-corrected chi connectivity index (χ3v) is 4.95. The molecule has 0 N–H and O–H groups in total. The number of anilines is 1. The van der Waals surface area contributed by atoms with Crippen molar-refractivity contribution in [1.82, 2.24) is 4.90 Å². The Balaban J connectivity index is 1.98. The number of rotatable bonds is 2. The summed E-state index contributed by atoms with van der Waals surface area (Å²) in [7, 11) is 1.87. The average Bonchev–Trinajstić information content (AvgIpc) is 2.86. The fourth-order valence-corrected chi connectivity index (χ4v) is 3.88. The molecule has 1 fully saturated rings. The SMILES string of the molecule is CN1C(=O)C(c2ccccc2)(N2CCOCC2)c2ccccc21. The molecule has 118 valence electrons. The van der Waals surface area contributed by atoms with Gasteiger partial charge in [-0.25, -0.2) is 0 Å².